The summed E-state index contributed by atoms with van der Waals surface area (Å²) in [6.07, 6.45) is 2.20. The van der Waals surface area contributed by atoms with Crippen LogP contribution in [0, 0.1) is 5.92 Å². The van der Waals surface area contributed by atoms with E-state index in [1.807, 2.05) is 20.8 Å². The van der Waals surface area contributed by atoms with Gasteiger partial charge in [0.15, 0.2) is 0 Å². The molecule has 0 aromatic rings. The summed E-state index contributed by atoms with van der Waals surface area (Å²) in [5.74, 6) is 0.195. The number of carbonyl (C=O) groups is 1. The van der Waals surface area contributed by atoms with E-state index in [2.05, 4.69) is 10.6 Å². The zero-order valence-corrected chi connectivity index (χ0v) is 10.7. The summed E-state index contributed by atoms with van der Waals surface area (Å²) in [6.45, 7) is 7.99. The maximum Gasteiger partial charge on any atom is 0.237 e. The van der Waals surface area contributed by atoms with Gasteiger partial charge in [-0.05, 0) is 32.6 Å². The summed E-state index contributed by atoms with van der Waals surface area (Å²) in [6, 6.07) is 0.146. The average Bonchev–Trinajstić information content (AvgIpc) is 2.97. The van der Waals surface area contributed by atoms with Crippen molar-refractivity contribution in [2.45, 2.75) is 58.2 Å². The first-order valence-corrected chi connectivity index (χ1v) is 6.09. The van der Waals surface area contributed by atoms with Crippen molar-refractivity contribution in [3.05, 3.63) is 0 Å². The Balaban J connectivity index is 2.27. The van der Waals surface area contributed by atoms with Crippen LogP contribution in [0.5, 0.6) is 0 Å². The summed E-state index contributed by atoms with van der Waals surface area (Å²) < 4.78 is 0. The van der Waals surface area contributed by atoms with E-state index in [1.54, 1.807) is 6.92 Å². The number of hydrogen-bond acceptors (Lipinski definition) is 3. The molecule has 4 nitrogen and oxygen atoms in total. The number of carbonyl (C=O) groups excluding carboxylic acids is 1. The Labute approximate surface area is 97.8 Å². The Hall–Kier alpha value is -0.610. The van der Waals surface area contributed by atoms with E-state index in [0.29, 0.717) is 12.6 Å². The zero-order chi connectivity index (χ0) is 12.3. The summed E-state index contributed by atoms with van der Waals surface area (Å²) >= 11 is 0. The van der Waals surface area contributed by atoms with Gasteiger partial charge in [-0.2, -0.15) is 0 Å². The van der Waals surface area contributed by atoms with Crippen LogP contribution < -0.4 is 10.6 Å². The van der Waals surface area contributed by atoms with Crippen LogP contribution in [0.15, 0.2) is 0 Å². The number of rotatable bonds is 6. The second kappa shape index (κ2) is 5.15. The van der Waals surface area contributed by atoms with E-state index >= 15 is 0 Å². The molecule has 2 unspecified atom stereocenters. The van der Waals surface area contributed by atoms with Crippen molar-refractivity contribution in [2.75, 3.05) is 6.54 Å². The summed E-state index contributed by atoms with van der Waals surface area (Å²) in [7, 11) is 0. The van der Waals surface area contributed by atoms with E-state index in [1.165, 1.54) is 0 Å². The fraction of sp³-hybridized carbons (Fsp3) is 0.917. The van der Waals surface area contributed by atoms with Gasteiger partial charge in [-0.15, -0.1) is 0 Å². The van der Waals surface area contributed by atoms with Crippen molar-refractivity contribution in [1.82, 2.24) is 10.6 Å². The molecular formula is C12H24N2O2. The van der Waals surface area contributed by atoms with Gasteiger partial charge in [0.1, 0.15) is 0 Å². The molecule has 1 aliphatic rings. The van der Waals surface area contributed by atoms with E-state index in [0.717, 1.165) is 12.8 Å². The minimum atomic E-state index is -0.770. The molecule has 1 amide bonds. The van der Waals surface area contributed by atoms with E-state index in [-0.39, 0.29) is 17.9 Å². The summed E-state index contributed by atoms with van der Waals surface area (Å²) in [4.78, 5) is 11.6. The third-order valence-electron chi connectivity index (χ3n) is 3.33. The molecule has 2 atom stereocenters. The van der Waals surface area contributed by atoms with Gasteiger partial charge in [-0.1, -0.05) is 13.8 Å². The molecule has 0 bridgehead atoms. The van der Waals surface area contributed by atoms with Gasteiger partial charge in [-0.25, -0.2) is 0 Å². The maximum absolute atomic E-state index is 11.6. The minimum Gasteiger partial charge on any atom is -0.389 e. The summed E-state index contributed by atoms with van der Waals surface area (Å²) in [5.41, 5.74) is -0.770. The van der Waals surface area contributed by atoms with E-state index in [9.17, 15) is 9.90 Å². The van der Waals surface area contributed by atoms with Crippen molar-refractivity contribution >= 4 is 5.91 Å². The van der Waals surface area contributed by atoms with E-state index < -0.39 is 5.60 Å². The molecule has 4 heteroatoms. The zero-order valence-electron chi connectivity index (χ0n) is 10.7. The number of hydrogen-bond donors (Lipinski definition) is 3. The van der Waals surface area contributed by atoms with Crippen LogP contribution in [0.1, 0.15) is 40.5 Å². The van der Waals surface area contributed by atoms with Gasteiger partial charge in [0, 0.05) is 12.6 Å². The van der Waals surface area contributed by atoms with Crippen LogP contribution in [0.3, 0.4) is 0 Å². The van der Waals surface area contributed by atoms with Crippen molar-refractivity contribution in [3.8, 4) is 0 Å². The SMILES string of the molecule is CC(NCC(C)(O)C(C)C)C(=O)NC1CC1. The molecule has 0 spiro atoms. The van der Waals surface area contributed by atoms with E-state index in [4.69, 9.17) is 0 Å². The lowest BCUT2D eigenvalue weighted by Crippen LogP contribution is -2.50. The monoisotopic (exact) mass is 228 g/mol. The fourth-order valence-corrected chi connectivity index (χ4v) is 1.21. The third kappa shape index (κ3) is 4.10. The Morgan fingerprint density at radius 1 is 1.44 bits per heavy atom. The minimum absolute atomic E-state index is 0.0297. The predicted molar refractivity (Wildman–Crippen MR) is 64.1 cm³/mol. The molecule has 94 valence electrons. The highest BCUT2D eigenvalue weighted by molar-refractivity contribution is 5.81. The Morgan fingerprint density at radius 3 is 2.44 bits per heavy atom. The summed E-state index contributed by atoms with van der Waals surface area (Å²) in [5, 5.41) is 16.0. The average molecular weight is 228 g/mol. The van der Waals surface area contributed by atoms with Crippen LogP contribution in [0.25, 0.3) is 0 Å². The highest BCUT2D eigenvalue weighted by Crippen LogP contribution is 2.18. The first-order chi connectivity index (χ1) is 7.33. The Bertz CT molecular complexity index is 247. The first kappa shape index (κ1) is 13.5. The predicted octanol–water partition coefficient (Wildman–Crippen LogP) is 0.650. The van der Waals surface area contributed by atoms with Gasteiger partial charge in [0.25, 0.3) is 0 Å². The van der Waals surface area contributed by atoms with Gasteiger partial charge < -0.3 is 15.7 Å². The van der Waals surface area contributed by atoms with Crippen LogP contribution >= 0.6 is 0 Å². The highest BCUT2D eigenvalue weighted by Gasteiger charge is 2.28. The maximum atomic E-state index is 11.6. The van der Waals surface area contributed by atoms with Crippen LogP contribution in [0.2, 0.25) is 0 Å². The number of amides is 1. The molecule has 0 saturated heterocycles. The molecule has 0 heterocycles. The lowest BCUT2D eigenvalue weighted by Gasteiger charge is -2.29. The number of nitrogens with one attached hydrogen (secondary N) is 2. The molecule has 0 aromatic heterocycles. The van der Waals surface area contributed by atoms with Gasteiger partial charge in [-0.3, -0.25) is 4.79 Å². The van der Waals surface area contributed by atoms with Crippen LogP contribution in [0.4, 0.5) is 0 Å². The molecule has 1 fully saturated rings. The molecule has 3 N–H and O–H groups in total. The smallest absolute Gasteiger partial charge is 0.237 e. The third-order valence-corrected chi connectivity index (χ3v) is 3.33. The molecular weight excluding hydrogens is 204 g/mol. The van der Waals surface area contributed by atoms with Crippen LogP contribution in [-0.2, 0) is 4.79 Å². The second-order valence-electron chi connectivity index (χ2n) is 5.40. The van der Waals surface area contributed by atoms with Crippen molar-refractivity contribution in [1.29, 1.82) is 0 Å². The number of aliphatic hydroxyl groups is 1. The molecule has 0 aliphatic heterocycles. The Kier molecular flexibility index (Phi) is 4.33. The standard InChI is InChI=1S/C12H24N2O2/c1-8(2)12(4,16)7-13-9(3)11(15)14-10-5-6-10/h8-10,13,16H,5-7H2,1-4H3,(H,14,15). The first-order valence-electron chi connectivity index (χ1n) is 6.09. The Morgan fingerprint density at radius 2 is 2.00 bits per heavy atom. The van der Waals surface area contributed by atoms with Crippen molar-refractivity contribution in [3.63, 3.8) is 0 Å². The topological polar surface area (TPSA) is 61.4 Å². The van der Waals surface area contributed by atoms with Crippen molar-refractivity contribution < 1.29 is 9.90 Å². The lowest BCUT2D eigenvalue weighted by atomic mass is 9.92. The second-order valence-corrected chi connectivity index (χ2v) is 5.40. The molecule has 0 aromatic carbocycles. The largest absolute Gasteiger partial charge is 0.389 e. The van der Waals surface area contributed by atoms with Crippen molar-refractivity contribution in [2.24, 2.45) is 5.92 Å². The molecule has 16 heavy (non-hydrogen) atoms. The lowest BCUT2D eigenvalue weighted by molar-refractivity contribution is -0.123. The molecule has 0 radical (unpaired) electrons. The fourth-order valence-electron chi connectivity index (χ4n) is 1.21. The molecule has 1 rings (SSSR count). The quantitative estimate of drug-likeness (QED) is 0.625. The van der Waals surface area contributed by atoms with Gasteiger partial charge in [0.05, 0.1) is 11.6 Å². The van der Waals surface area contributed by atoms with Crippen LogP contribution in [-0.4, -0.2) is 35.2 Å². The molecule has 1 aliphatic carbocycles. The highest BCUT2D eigenvalue weighted by atomic mass is 16.3. The molecule has 1 saturated carbocycles. The van der Waals surface area contributed by atoms with Gasteiger partial charge in [0.2, 0.25) is 5.91 Å². The van der Waals surface area contributed by atoms with Gasteiger partial charge >= 0.3 is 0 Å². The normalized spacial score (nSPS) is 21.6.